The molecule has 0 aliphatic rings. The number of aromatic nitrogens is 4. The summed E-state index contributed by atoms with van der Waals surface area (Å²) >= 11 is 0. The summed E-state index contributed by atoms with van der Waals surface area (Å²) in [6.45, 7) is 2.51. The minimum Gasteiger partial charge on any atom is -0.497 e. The standard InChI is InChI=1S/C19H21N5O3/c1-3-27-16-10-6-14(7-11-16)20-19(25)17(18-21-23-24-22-18)12-13-4-8-15(26-2)9-5-13/h4-11,17H,3,12H2,1-2H3,(H,20,25)(H,21,22,23,24). The van der Waals surface area contributed by atoms with Crippen molar-refractivity contribution < 1.29 is 14.3 Å². The van der Waals surface area contributed by atoms with Gasteiger partial charge >= 0.3 is 0 Å². The van der Waals surface area contributed by atoms with E-state index in [1.807, 2.05) is 43.3 Å². The van der Waals surface area contributed by atoms with Crippen molar-refractivity contribution in [2.75, 3.05) is 19.0 Å². The molecule has 1 aromatic heterocycles. The molecule has 0 spiro atoms. The Kier molecular flexibility index (Phi) is 5.98. The Balaban J connectivity index is 1.74. The van der Waals surface area contributed by atoms with E-state index >= 15 is 0 Å². The first kappa shape index (κ1) is 18.4. The van der Waals surface area contributed by atoms with Crippen LogP contribution >= 0.6 is 0 Å². The first-order chi connectivity index (χ1) is 13.2. The third-order valence-electron chi connectivity index (χ3n) is 4.02. The van der Waals surface area contributed by atoms with Crippen molar-refractivity contribution in [3.8, 4) is 11.5 Å². The number of amides is 1. The van der Waals surface area contributed by atoms with Gasteiger partial charge in [-0.05, 0) is 55.3 Å². The van der Waals surface area contributed by atoms with Crippen LogP contribution in [0.3, 0.4) is 0 Å². The largest absolute Gasteiger partial charge is 0.497 e. The second kappa shape index (κ2) is 8.79. The number of anilines is 1. The lowest BCUT2D eigenvalue weighted by molar-refractivity contribution is -0.117. The van der Waals surface area contributed by atoms with E-state index in [2.05, 4.69) is 25.9 Å². The summed E-state index contributed by atoms with van der Waals surface area (Å²) in [6.07, 6.45) is 0.437. The number of hydrogen-bond acceptors (Lipinski definition) is 6. The van der Waals surface area contributed by atoms with E-state index in [0.29, 0.717) is 24.5 Å². The maximum Gasteiger partial charge on any atom is 0.235 e. The fourth-order valence-corrected chi connectivity index (χ4v) is 2.65. The highest BCUT2D eigenvalue weighted by Crippen LogP contribution is 2.22. The number of aromatic amines is 1. The van der Waals surface area contributed by atoms with Gasteiger partial charge in [0.1, 0.15) is 17.4 Å². The Morgan fingerprint density at radius 2 is 1.81 bits per heavy atom. The Hall–Kier alpha value is -3.42. The highest BCUT2D eigenvalue weighted by atomic mass is 16.5. The number of H-pyrrole nitrogens is 1. The molecule has 0 aliphatic heterocycles. The molecular formula is C19H21N5O3. The van der Waals surface area contributed by atoms with Gasteiger partial charge in [-0.2, -0.15) is 5.21 Å². The average molecular weight is 367 g/mol. The minimum atomic E-state index is -0.580. The van der Waals surface area contributed by atoms with Gasteiger partial charge in [0, 0.05) is 5.69 Å². The van der Waals surface area contributed by atoms with E-state index in [0.717, 1.165) is 17.1 Å². The number of methoxy groups -OCH3 is 1. The highest BCUT2D eigenvalue weighted by Gasteiger charge is 2.25. The Morgan fingerprint density at radius 1 is 1.11 bits per heavy atom. The van der Waals surface area contributed by atoms with E-state index in [1.54, 1.807) is 19.2 Å². The minimum absolute atomic E-state index is 0.212. The summed E-state index contributed by atoms with van der Waals surface area (Å²) in [6, 6.07) is 14.7. The summed E-state index contributed by atoms with van der Waals surface area (Å²) in [5, 5.41) is 16.9. The fourth-order valence-electron chi connectivity index (χ4n) is 2.65. The number of tetrazole rings is 1. The van der Waals surface area contributed by atoms with Gasteiger partial charge in [0.2, 0.25) is 5.91 Å². The molecule has 2 N–H and O–H groups in total. The van der Waals surface area contributed by atoms with E-state index < -0.39 is 5.92 Å². The monoisotopic (exact) mass is 367 g/mol. The number of ether oxygens (including phenoxy) is 2. The average Bonchev–Trinajstić information content (AvgIpc) is 3.22. The normalized spacial score (nSPS) is 11.6. The van der Waals surface area contributed by atoms with Gasteiger partial charge in [-0.1, -0.05) is 17.3 Å². The topological polar surface area (TPSA) is 102 Å². The third-order valence-corrected chi connectivity index (χ3v) is 4.02. The molecule has 1 amide bonds. The molecule has 8 nitrogen and oxygen atoms in total. The van der Waals surface area contributed by atoms with Crippen LogP contribution in [-0.2, 0) is 11.2 Å². The van der Waals surface area contributed by atoms with Crippen LogP contribution in [0.4, 0.5) is 5.69 Å². The lowest BCUT2D eigenvalue weighted by Crippen LogP contribution is -2.24. The van der Waals surface area contributed by atoms with E-state index in [4.69, 9.17) is 9.47 Å². The molecule has 1 heterocycles. The van der Waals surface area contributed by atoms with E-state index in [9.17, 15) is 4.79 Å². The van der Waals surface area contributed by atoms with Crippen molar-refractivity contribution in [1.29, 1.82) is 0 Å². The Labute approximate surface area is 156 Å². The van der Waals surface area contributed by atoms with Crippen LogP contribution in [0.25, 0.3) is 0 Å². The zero-order valence-electron chi connectivity index (χ0n) is 15.2. The molecule has 0 aliphatic carbocycles. The molecule has 3 aromatic rings. The van der Waals surface area contributed by atoms with E-state index in [-0.39, 0.29) is 5.91 Å². The Morgan fingerprint density at radius 3 is 2.41 bits per heavy atom. The molecule has 2 aromatic carbocycles. The second-order valence-corrected chi connectivity index (χ2v) is 5.82. The predicted molar refractivity (Wildman–Crippen MR) is 99.9 cm³/mol. The molecule has 0 saturated carbocycles. The van der Waals surface area contributed by atoms with Crippen LogP contribution in [0.5, 0.6) is 11.5 Å². The summed E-state index contributed by atoms with van der Waals surface area (Å²) in [4.78, 5) is 12.9. The van der Waals surface area contributed by atoms with Crippen LogP contribution in [-0.4, -0.2) is 40.2 Å². The quantitative estimate of drug-likeness (QED) is 0.634. The molecular weight excluding hydrogens is 346 g/mol. The molecule has 0 radical (unpaired) electrons. The lowest BCUT2D eigenvalue weighted by Gasteiger charge is -2.14. The van der Waals surface area contributed by atoms with Gasteiger partial charge in [0.15, 0.2) is 5.82 Å². The number of nitrogens with one attached hydrogen (secondary N) is 2. The molecule has 3 rings (SSSR count). The molecule has 1 unspecified atom stereocenters. The van der Waals surface area contributed by atoms with Gasteiger partial charge in [-0.3, -0.25) is 4.79 Å². The van der Waals surface area contributed by atoms with Crippen LogP contribution in [0.1, 0.15) is 24.2 Å². The van der Waals surface area contributed by atoms with Crippen molar-refractivity contribution in [3.05, 3.63) is 59.9 Å². The number of carbonyl (C=O) groups excluding carboxylic acids is 1. The second-order valence-electron chi connectivity index (χ2n) is 5.82. The summed E-state index contributed by atoms with van der Waals surface area (Å²) in [7, 11) is 1.61. The molecule has 0 saturated heterocycles. The van der Waals surface area contributed by atoms with E-state index in [1.165, 1.54) is 0 Å². The van der Waals surface area contributed by atoms with Gasteiger partial charge in [-0.15, -0.1) is 10.2 Å². The zero-order chi connectivity index (χ0) is 19.1. The van der Waals surface area contributed by atoms with Gasteiger partial charge in [0.05, 0.1) is 13.7 Å². The predicted octanol–water partition coefficient (Wildman–Crippen LogP) is 2.57. The van der Waals surface area contributed by atoms with Crippen molar-refractivity contribution in [1.82, 2.24) is 20.6 Å². The lowest BCUT2D eigenvalue weighted by atomic mass is 9.97. The maximum absolute atomic E-state index is 12.9. The molecule has 140 valence electrons. The third kappa shape index (κ3) is 4.81. The molecule has 0 fully saturated rings. The summed E-state index contributed by atoms with van der Waals surface area (Å²) in [5.74, 6) is 1.06. The Bertz CT molecular complexity index is 848. The zero-order valence-corrected chi connectivity index (χ0v) is 15.2. The van der Waals surface area contributed by atoms with Gasteiger partial charge in [-0.25, -0.2) is 0 Å². The molecule has 1 atom stereocenters. The smallest absolute Gasteiger partial charge is 0.235 e. The molecule has 27 heavy (non-hydrogen) atoms. The van der Waals surface area contributed by atoms with Crippen LogP contribution in [0.2, 0.25) is 0 Å². The van der Waals surface area contributed by atoms with Crippen molar-refractivity contribution >= 4 is 11.6 Å². The van der Waals surface area contributed by atoms with Crippen molar-refractivity contribution in [2.45, 2.75) is 19.3 Å². The SMILES string of the molecule is CCOc1ccc(NC(=O)C(Cc2ccc(OC)cc2)c2nn[nH]n2)cc1. The molecule has 0 bridgehead atoms. The first-order valence-corrected chi connectivity index (χ1v) is 8.59. The van der Waals surface area contributed by atoms with Crippen LogP contribution in [0.15, 0.2) is 48.5 Å². The number of rotatable bonds is 8. The van der Waals surface area contributed by atoms with Crippen LogP contribution < -0.4 is 14.8 Å². The number of nitrogens with zero attached hydrogens (tertiary/aromatic N) is 3. The first-order valence-electron chi connectivity index (χ1n) is 8.59. The van der Waals surface area contributed by atoms with Gasteiger partial charge in [0.25, 0.3) is 0 Å². The number of carbonyl (C=O) groups is 1. The van der Waals surface area contributed by atoms with Gasteiger partial charge < -0.3 is 14.8 Å². The number of benzene rings is 2. The summed E-state index contributed by atoms with van der Waals surface area (Å²) < 4.78 is 10.6. The maximum atomic E-state index is 12.9. The summed E-state index contributed by atoms with van der Waals surface area (Å²) in [5.41, 5.74) is 1.64. The van der Waals surface area contributed by atoms with Crippen molar-refractivity contribution in [2.24, 2.45) is 0 Å². The van der Waals surface area contributed by atoms with Crippen LogP contribution in [0, 0.1) is 0 Å². The highest BCUT2D eigenvalue weighted by molar-refractivity contribution is 5.95. The fraction of sp³-hybridized carbons (Fsp3) is 0.263. The van der Waals surface area contributed by atoms with Crippen molar-refractivity contribution in [3.63, 3.8) is 0 Å². The number of hydrogen-bond donors (Lipinski definition) is 2. The molecule has 8 heteroatoms.